The van der Waals surface area contributed by atoms with Crippen LogP contribution in [0.15, 0.2) is 97.1 Å². The molecule has 2 N–H and O–H groups in total. The Kier molecular flexibility index (Phi) is 9.00. The molecule has 0 aliphatic rings. The van der Waals surface area contributed by atoms with Gasteiger partial charge in [0.2, 0.25) is 0 Å². The van der Waals surface area contributed by atoms with Crippen LogP contribution in [0.4, 0.5) is 11.4 Å². The third-order valence-corrected chi connectivity index (χ3v) is 6.21. The minimum atomic E-state index is -0.292. The first kappa shape index (κ1) is 27.5. The van der Waals surface area contributed by atoms with Crippen molar-refractivity contribution in [3.8, 4) is 17.2 Å². The van der Waals surface area contributed by atoms with Gasteiger partial charge in [-0.25, -0.2) is 0 Å². The summed E-state index contributed by atoms with van der Waals surface area (Å²) in [6.07, 6.45) is 0. The largest absolute Gasteiger partial charge is 0.484 e. The molecule has 0 aliphatic heterocycles. The number of benzene rings is 4. The van der Waals surface area contributed by atoms with Gasteiger partial charge in [-0.3, -0.25) is 9.59 Å². The van der Waals surface area contributed by atoms with Gasteiger partial charge in [-0.05, 0) is 83.6 Å². The minimum Gasteiger partial charge on any atom is -0.484 e. The smallest absolute Gasteiger partial charge is 0.262 e. The van der Waals surface area contributed by atoms with Crippen molar-refractivity contribution >= 4 is 23.2 Å². The summed E-state index contributed by atoms with van der Waals surface area (Å²) in [5.74, 6) is 2.00. The van der Waals surface area contributed by atoms with Crippen LogP contribution in [0.25, 0.3) is 0 Å². The first-order valence-corrected chi connectivity index (χ1v) is 13.1. The summed E-state index contributed by atoms with van der Waals surface area (Å²) >= 11 is 0. The molecule has 0 heterocycles. The average Bonchev–Trinajstić information content (AvgIpc) is 2.93. The normalized spacial score (nSPS) is 10.8. The van der Waals surface area contributed by atoms with Gasteiger partial charge in [-0.1, -0.05) is 64.1 Å². The third-order valence-electron chi connectivity index (χ3n) is 6.21. The second kappa shape index (κ2) is 12.8. The molecule has 0 radical (unpaired) electrons. The molecule has 200 valence electrons. The van der Waals surface area contributed by atoms with Crippen molar-refractivity contribution in [1.82, 2.24) is 0 Å². The standard InChI is InChI=1S/C33H34N2O4/c1-22(2)29-11-8-12-30(23(3)4)32(29)35-33(37)24-13-17-26(18-14-24)38-21-31(36)34-25-15-19-28(20-16-25)39-27-9-6-5-7-10-27/h5-20,22-23H,21H2,1-4H3,(H,34,36)(H,35,37). The number of para-hydroxylation sites is 2. The van der Waals surface area contributed by atoms with Crippen LogP contribution < -0.4 is 20.1 Å². The maximum atomic E-state index is 13.0. The van der Waals surface area contributed by atoms with Crippen LogP contribution in [0.1, 0.15) is 61.0 Å². The molecule has 39 heavy (non-hydrogen) atoms. The van der Waals surface area contributed by atoms with Gasteiger partial charge in [0.1, 0.15) is 17.2 Å². The molecule has 0 fully saturated rings. The van der Waals surface area contributed by atoms with Crippen LogP contribution in [0.5, 0.6) is 17.2 Å². The number of amides is 2. The number of anilines is 2. The van der Waals surface area contributed by atoms with Crippen molar-refractivity contribution in [1.29, 1.82) is 0 Å². The minimum absolute atomic E-state index is 0.159. The van der Waals surface area contributed by atoms with Crippen molar-refractivity contribution in [2.75, 3.05) is 17.2 Å². The van der Waals surface area contributed by atoms with E-state index in [0.717, 1.165) is 22.6 Å². The quantitative estimate of drug-likeness (QED) is 0.221. The van der Waals surface area contributed by atoms with E-state index in [9.17, 15) is 9.59 Å². The summed E-state index contributed by atoms with van der Waals surface area (Å²) in [6.45, 7) is 8.31. The van der Waals surface area contributed by atoms with E-state index in [1.807, 2.05) is 36.4 Å². The molecule has 0 aromatic heterocycles. The zero-order chi connectivity index (χ0) is 27.8. The molecule has 0 unspecified atom stereocenters. The summed E-state index contributed by atoms with van der Waals surface area (Å²) < 4.78 is 11.4. The Morgan fingerprint density at radius 1 is 0.641 bits per heavy atom. The van der Waals surface area contributed by atoms with Crippen LogP contribution in [-0.4, -0.2) is 18.4 Å². The van der Waals surface area contributed by atoms with E-state index in [-0.39, 0.29) is 30.3 Å². The van der Waals surface area contributed by atoms with Gasteiger partial charge < -0.3 is 20.1 Å². The summed E-state index contributed by atoms with van der Waals surface area (Å²) in [7, 11) is 0. The number of carbonyl (C=O) groups is 2. The Bertz CT molecular complexity index is 1370. The zero-order valence-corrected chi connectivity index (χ0v) is 22.7. The number of ether oxygens (including phenoxy) is 2. The van der Waals surface area contributed by atoms with Gasteiger partial charge in [0.05, 0.1) is 0 Å². The number of rotatable bonds is 10. The molecule has 4 aromatic carbocycles. The van der Waals surface area contributed by atoms with Crippen molar-refractivity contribution < 1.29 is 19.1 Å². The molecule has 0 bridgehead atoms. The Balaban J connectivity index is 1.30. The molecule has 6 nitrogen and oxygen atoms in total. The predicted octanol–water partition coefficient (Wildman–Crippen LogP) is 8.00. The van der Waals surface area contributed by atoms with E-state index in [4.69, 9.17) is 9.47 Å². The number of hydrogen-bond donors (Lipinski definition) is 2. The van der Waals surface area contributed by atoms with E-state index < -0.39 is 0 Å². The highest BCUT2D eigenvalue weighted by atomic mass is 16.5. The van der Waals surface area contributed by atoms with E-state index >= 15 is 0 Å². The van der Waals surface area contributed by atoms with E-state index in [0.29, 0.717) is 22.7 Å². The molecule has 4 aromatic rings. The fourth-order valence-electron chi connectivity index (χ4n) is 4.16. The first-order chi connectivity index (χ1) is 18.8. The lowest BCUT2D eigenvalue weighted by Gasteiger charge is -2.20. The summed E-state index contributed by atoms with van der Waals surface area (Å²) in [6, 6.07) is 29.5. The monoisotopic (exact) mass is 522 g/mol. The summed E-state index contributed by atoms with van der Waals surface area (Å²) in [5, 5.41) is 5.92. The molecule has 0 atom stereocenters. The van der Waals surface area contributed by atoms with Crippen molar-refractivity contribution in [2.45, 2.75) is 39.5 Å². The van der Waals surface area contributed by atoms with E-state index in [2.05, 4.69) is 50.5 Å². The molecule has 0 saturated heterocycles. The van der Waals surface area contributed by atoms with Crippen LogP contribution in [0.3, 0.4) is 0 Å². The van der Waals surface area contributed by atoms with E-state index in [1.165, 1.54) is 0 Å². The number of nitrogens with one attached hydrogen (secondary N) is 2. The molecular weight excluding hydrogens is 488 g/mol. The number of hydrogen-bond acceptors (Lipinski definition) is 4. The highest BCUT2D eigenvalue weighted by Gasteiger charge is 2.17. The fraction of sp³-hybridized carbons (Fsp3) is 0.212. The Hall–Kier alpha value is -4.58. The first-order valence-electron chi connectivity index (χ1n) is 13.1. The number of carbonyl (C=O) groups excluding carboxylic acids is 2. The molecule has 4 rings (SSSR count). The van der Waals surface area contributed by atoms with Gasteiger partial charge in [-0.15, -0.1) is 0 Å². The molecular formula is C33H34N2O4. The van der Waals surface area contributed by atoms with Crippen LogP contribution in [-0.2, 0) is 4.79 Å². The fourth-order valence-corrected chi connectivity index (χ4v) is 4.16. The predicted molar refractivity (Wildman–Crippen MR) is 156 cm³/mol. The maximum Gasteiger partial charge on any atom is 0.262 e. The highest BCUT2D eigenvalue weighted by Crippen LogP contribution is 2.33. The van der Waals surface area contributed by atoms with Gasteiger partial charge in [0.15, 0.2) is 6.61 Å². The lowest BCUT2D eigenvalue weighted by molar-refractivity contribution is -0.118. The molecule has 2 amide bonds. The van der Waals surface area contributed by atoms with Crippen molar-refractivity contribution in [3.63, 3.8) is 0 Å². The van der Waals surface area contributed by atoms with Crippen molar-refractivity contribution in [2.24, 2.45) is 0 Å². The second-order valence-corrected chi connectivity index (χ2v) is 9.88. The van der Waals surface area contributed by atoms with Gasteiger partial charge >= 0.3 is 0 Å². The molecule has 0 saturated carbocycles. The lowest BCUT2D eigenvalue weighted by Crippen LogP contribution is -2.20. The highest BCUT2D eigenvalue weighted by molar-refractivity contribution is 6.05. The van der Waals surface area contributed by atoms with Gasteiger partial charge in [-0.2, -0.15) is 0 Å². The Morgan fingerprint density at radius 2 is 1.21 bits per heavy atom. The topological polar surface area (TPSA) is 76.7 Å². The lowest BCUT2D eigenvalue weighted by atomic mass is 9.92. The molecule has 6 heteroatoms. The summed E-state index contributed by atoms with van der Waals surface area (Å²) in [4.78, 5) is 25.4. The van der Waals surface area contributed by atoms with Gasteiger partial charge in [0, 0.05) is 16.9 Å². The molecule has 0 aliphatic carbocycles. The Morgan fingerprint density at radius 3 is 1.79 bits per heavy atom. The van der Waals surface area contributed by atoms with Crippen LogP contribution in [0, 0.1) is 0 Å². The van der Waals surface area contributed by atoms with Crippen LogP contribution in [0.2, 0.25) is 0 Å². The summed E-state index contributed by atoms with van der Waals surface area (Å²) in [5.41, 5.74) is 4.25. The van der Waals surface area contributed by atoms with Gasteiger partial charge in [0.25, 0.3) is 11.8 Å². The average molecular weight is 523 g/mol. The molecule has 0 spiro atoms. The van der Waals surface area contributed by atoms with E-state index in [1.54, 1.807) is 48.5 Å². The third kappa shape index (κ3) is 7.48. The second-order valence-electron chi connectivity index (χ2n) is 9.88. The Labute approximate surface area is 230 Å². The maximum absolute atomic E-state index is 13.0. The van der Waals surface area contributed by atoms with Crippen LogP contribution >= 0.6 is 0 Å². The zero-order valence-electron chi connectivity index (χ0n) is 22.7. The SMILES string of the molecule is CC(C)c1cccc(C(C)C)c1NC(=O)c1ccc(OCC(=O)Nc2ccc(Oc3ccccc3)cc2)cc1. The van der Waals surface area contributed by atoms with Crippen molar-refractivity contribution in [3.05, 3.63) is 114 Å².